The van der Waals surface area contributed by atoms with Crippen LogP contribution in [0.25, 0.3) is 0 Å². The Kier molecular flexibility index (Phi) is 6.76. The van der Waals surface area contributed by atoms with E-state index in [-0.39, 0.29) is 0 Å². The molecule has 0 N–H and O–H groups in total. The molecule has 2 aromatic carbocycles. The van der Waals surface area contributed by atoms with Crippen LogP contribution < -0.4 is 9.47 Å². The minimum atomic E-state index is 0.343. The van der Waals surface area contributed by atoms with Gasteiger partial charge in [-0.1, -0.05) is 37.1 Å². The van der Waals surface area contributed by atoms with Gasteiger partial charge in [-0.3, -0.25) is 4.79 Å². The van der Waals surface area contributed by atoms with Crippen molar-refractivity contribution < 1.29 is 14.3 Å². The molecule has 0 saturated heterocycles. The van der Waals surface area contributed by atoms with Crippen LogP contribution in [0.4, 0.5) is 0 Å². The Bertz CT molecular complexity index is 747. The first-order valence-electron chi connectivity index (χ1n) is 11.5. The average Bonchev–Trinajstić information content (AvgIpc) is 2.70. The predicted octanol–water partition coefficient (Wildman–Crippen LogP) is 6.52. The molecule has 3 nitrogen and oxygen atoms in total. The van der Waals surface area contributed by atoms with E-state index < -0.39 is 0 Å². The third kappa shape index (κ3) is 4.71. The fourth-order valence-corrected chi connectivity index (χ4v) is 5.07. The van der Waals surface area contributed by atoms with Crippen LogP contribution in [0.1, 0.15) is 74.3 Å². The number of ether oxygens (including phenoxy) is 2. The van der Waals surface area contributed by atoms with E-state index in [2.05, 4.69) is 24.3 Å². The highest BCUT2D eigenvalue weighted by Crippen LogP contribution is 2.45. The number of carbonyl (C=O) groups excluding carboxylic acids is 1. The number of benzene rings is 2. The highest BCUT2D eigenvalue weighted by molar-refractivity contribution is 5.80. The van der Waals surface area contributed by atoms with E-state index in [0.29, 0.717) is 42.3 Å². The summed E-state index contributed by atoms with van der Waals surface area (Å²) in [5.74, 6) is 4.14. The predicted molar refractivity (Wildman–Crippen MR) is 120 cm³/mol. The molecule has 30 heavy (non-hydrogen) atoms. The Labute approximate surface area is 180 Å². The van der Waals surface area contributed by atoms with E-state index in [4.69, 9.17) is 9.47 Å². The van der Waals surface area contributed by atoms with Gasteiger partial charge in [0.25, 0.3) is 0 Å². The number of methoxy groups -OCH3 is 2. The Morgan fingerprint density at radius 3 is 1.37 bits per heavy atom. The van der Waals surface area contributed by atoms with Crippen LogP contribution in [0.15, 0.2) is 48.5 Å². The van der Waals surface area contributed by atoms with Crippen molar-refractivity contribution >= 4 is 5.78 Å². The van der Waals surface area contributed by atoms with Gasteiger partial charge in [0.15, 0.2) is 0 Å². The van der Waals surface area contributed by atoms with Gasteiger partial charge in [-0.05, 0) is 84.7 Å². The minimum absolute atomic E-state index is 0.343. The van der Waals surface area contributed by atoms with Crippen LogP contribution in [-0.4, -0.2) is 20.0 Å². The molecule has 160 valence electrons. The van der Waals surface area contributed by atoms with Gasteiger partial charge in [-0.15, -0.1) is 0 Å². The van der Waals surface area contributed by atoms with E-state index in [0.717, 1.165) is 11.5 Å². The molecule has 0 aromatic heterocycles. The molecule has 0 radical (unpaired) electrons. The van der Waals surface area contributed by atoms with E-state index in [1.54, 1.807) is 14.2 Å². The molecular weight excluding hydrogens is 372 g/mol. The minimum Gasteiger partial charge on any atom is -0.497 e. The molecule has 0 spiro atoms. The topological polar surface area (TPSA) is 35.5 Å². The lowest BCUT2D eigenvalue weighted by Crippen LogP contribution is -2.26. The third-order valence-corrected chi connectivity index (χ3v) is 7.42. The van der Waals surface area contributed by atoms with Gasteiger partial charge in [-0.25, -0.2) is 0 Å². The zero-order chi connectivity index (χ0) is 20.9. The number of carbonyl (C=O) groups is 1. The zero-order valence-electron chi connectivity index (χ0n) is 18.3. The van der Waals surface area contributed by atoms with Crippen LogP contribution in [-0.2, 0) is 4.79 Å². The van der Waals surface area contributed by atoms with Crippen LogP contribution in [0.5, 0.6) is 11.5 Å². The molecule has 0 bridgehead atoms. The fraction of sp³-hybridized carbons (Fsp3) is 0.519. The molecule has 3 heteroatoms. The van der Waals surface area contributed by atoms with Crippen molar-refractivity contribution in [3.63, 3.8) is 0 Å². The van der Waals surface area contributed by atoms with Gasteiger partial charge < -0.3 is 9.47 Å². The molecule has 2 fully saturated rings. The number of Topliss-reactive ketones (excluding diaryl/α,β-unsaturated/α-hetero) is 1. The van der Waals surface area contributed by atoms with Crippen molar-refractivity contribution in [3.8, 4) is 11.5 Å². The molecule has 2 aliphatic carbocycles. The Morgan fingerprint density at radius 1 is 0.733 bits per heavy atom. The molecule has 4 rings (SSSR count). The summed E-state index contributed by atoms with van der Waals surface area (Å²) in [7, 11) is 3.39. The first-order chi connectivity index (χ1) is 14.7. The average molecular weight is 407 g/mol. The standard InChI is InChI=1S/C27H34O3/c1-29-24-13-9-21(10-14-24)26(19-5-3-6-19)17-23(28)18-27(20-7-4-8-20)22-11-15-25(30-2)16-12-22/h9-16,19-20,26-27H,3-8,17-18H2,1-2H3. The quantitative estimate of drug-likeness (QED) is 0.450. The molecular formula is C27H34O3. The van der Waals surface area contributed by atoms with Gasteiger partial charge in [0.1, 0.15) is 17.3 Å². The van der Waals surface area contributed by atoms with Crippen molar-refractivity contribution in [2.24, 2.45) is 11.8 Å². The van der Waals surface area contributed by atoms with E-state index >= 15 is 0 Å². The molecule has 2 unspecified atom stereocenters. The summed E-state index contributed by atoms with van der Waals surface area (Å²) in [4.78, 5) is 13.3. The molecule has 0 aliphatic heterocycles. The van der Waals surface area contributed by atoms with Crippen LogP contribution >= 0.6 is 0 Å². The molecule has 2 aliphatic rings. The summed E-state index contributed by atoms with van der Waals surface area (Å²) < 4.78 is 10.6. The second kappa shape index (κ2) is 9.68. The van der Waals surface area contributed by atoms with Crippen molar-refractivity contribution in [2.45, 2.75) is 63.2 Å². The lowest BCUT2D eigenvalue weighted by molar-refractivity contribution is -0.120. The summed E-state index contributed by atoms with van der Waals surface area (Å²) in [6.45, 7) is 0. The smallest absolute Gasteiger partial charge is 0.134 e. The highest BCUT2D eigenvalue weighted by atomic mass is 16.5. The third-order valence-electron chi connectivity index (χ3n) is 7.42. The first kappa shape index (κ1) is 21.0. The lowest BCUT2D eigenvalue weighted by atomic mass is 9.68. The Hall–Kier alpha value is -2.29. The molecule has 2 atom stereocenters. The summed E-state index contributed by atoms with van der Waals surface area (Å²) in [6, 6.07) is 16.7. The summed E-state index contributed by atoms with van der Waals surface area (Å²) in [5.41, 5.74) is 2.58. The first-order valence-corrected chi connectivity index (χ1v) is 11.5. The summed E-state index contributed by atoms with van der Waals surface area (Å²) in [5, 5.41) is 0. The van der Waals surface area contributed by atoms with E-state index in [1.807, 2.05) is 24.3 Å². The van der Waals surface area contributed by atoms with Crippen molar-refractivity contribution in [1.82, 2.24) is 0 Å². The molecule has 0 heterocycles. The van der Waals surface area contributed by atoms with Crippen LogP contribution in [0, 0.1) is 11.8 Å². The number of hydrogen-bond acceptors (Lipinski definition) is 3. The zero-order valence-corrected chi connectivity index (χ0v) is 18.3. The number of ketones is 1. The van der Waals surface area contributed by atoms with Crippen LogP contribution in [0.3, 0.4) is 0 Å². The highest BCUT2D eigenvalue weighted by Gasteiger charge is 2.33. The van der Waals surface area contributed by atoms with Gasteiger partial charge in [0.2, 0.25) is 0 Å². The van der Waals surface area contributed by atoms with E-state index in [9.17, 15) is 4.79 Å². The van der Waals surface area contributed by atoms with Gasteiger partial charge in [0, 0.05) is 12.8 Å². The van der Waals surface area contributed by atoms with E-state index in [1.165, 1.54) is 49.7 Å². The largest absolute Gasteiger partial charge is 0.497 e. The maximum absolute atomic E-state index is 13.3. The van der Waals surface area contributed by atoms with Crippen molar-refractivity contribution in [3.05, 3.63) is 59.7 Å². The van der Waals surface area contributed by atoms with Gasteiger partial charge >= 0.3 is 0 Å². The van der Waals surface area contributed by atoms with Crippen molar-refractivity contribution in [2.75, 3.05) is 14.2 Å². The lowest BCUT2D eigenvalue weighted by Gasteiger charge is -2.36. The molecule has 0 amide bonds. The maximum Gasteiger partial charge on any atom is 0.134 e. The monoisotopic (exact) mass is 406 g/mol. The summed E-state index contributed by atoms with van der Waals surface area (Å²) >= 11 is 0. The van der Waals surface area contributed by atoms with Gasteiger partial charge in [0.05, 0.1) is 14.2 Å². The Morgan fingerprint density at radius 2 is 1.10 bits per heavy atom. The second-order valence-corrected chi connectivity index (χ2v) is 9.09. The number of rotatable bonds is 10. The molecule has 2 saturated carbocycles. The second-order valence-electron chi connectivity index (χ2n) is 9.09. The number of hydrogen-bond donors (Lipinski definition) is 0. The van der Waals surface area contributed by atoms with Gasteiger partial charge in [-0.2, -0.15) is 0 Å². The fourth-order valence-electron chi connectivity index (χ4n) is 5.07. The van der Waals surface area contributed by atoms with Crippen molar-refractivity contribution in [1.29, 1.82) is 0 Å². The Balaban J connectivity index is 1.47. The normalized spacial score (nSPS) is 18.7. The molecule has 2 aromatic rings. The van der Waals surface area contributed by atoms with Crippen LogP contribution in [0.2, 0.25) is 0 Å². The SMILES string of the molecule is COc1ccc(C(CC(=O)CC(c2ccc(OC)cc2)C2CCC2)C2CCC2)cc1. The maximum atomic E-state index is 13.3. The summed E-state index contributed by atoms with van der Waals surface area (Å²) in [6.07, 6.45) is 8.89.